The van der Waals surface area contributed by atoms with E-state index in [1.54, 1.807) is 11.6 Å². The Bertz CT molecular complexity index is 627. The molecule has 1 N–H and O–H groups in total. The van der Waals surface area contributed by atoms with Gasteiger partial charge in [-0.1, -0.05) is 35.5 Å². The molecule has 1 heterocycles. The molecule has 1 aromatic heterocycles. The highest BCUT2D eigenvalue weighted by Gasteiger charge is 2.13. The first kappa shape index (κ1) is 13.9. The topological polar surface area (TPSA) is 68.0 Å². The largest absolute Gasteiger partial charge is 0.481 e. The number of benzene rings is 1. The van der Waals surface area contributed by atoms with Gasteiger partial charge >= 0.3 is 5.97 Å². The van der Waals surface area contributed by atoms with Crippen molar-refractivity contribution in [1.82, 2.24) is 14.8 Å². The SMILES string of the molecule is Cc1ccc(-c2nnc(SCC(=O)O)n2C)cc1Cl. The third-order valence-corrected chi connectivity index (χ3v) is 4.00. The lowest BCUT2D eigenvalue weighted by atomic mass is 10.1. The number of carbonyl (C=O) groups is 1. The second kappa shape index (κ2) is 5.63. The molecule has 0 fully saturated rings. The van der Waals surface area contributed by atoms with E-state index in [0.29, 0.717) is 16.0 Å². The van der Waals surface area contributed by atoms with Gasteiger partial charge in [0.05, 0.1) is 5.75 Å². The van der Waals surface area contributed by atoms with Crippen molar-refractivity contribution in [2.75, 3.05) is 5.75 Å². The van der Waals surface area contributed by atoms with E-state index in [9.17, 15) is 4.79 Å². The van der Waals surface area contributed by atoms with Crippen molar-refractivity contribution in [2.24, 2.45) is 7.05 Å². The molecular weight excluding hydrogens is 286 g/mol. The van der Waals surface area contributed by atoms with Gasteiger partial charge in [0.15, 0.2) is 11.0 Å². The van der Waals surface area contributed by atoms with Crippen LogP contribution in [0.1, 0.15) is 5.56 Å². The zero-order chi connectivity index (χ0) is 14.0. The Morgan fingerprint density at radius 2 is 2.21 bits per heavy atom. The number of carboxylic acids is 1. The molecule has 0 amide bonds. The highest BCUT2D eigenvalue weighted by Crippen LogP contribution is 2.26. The molecular formula is C12H12ClN3O2S. The van der Waals surface area contributed by atoms with Crippen LogP contribution in [0.3, 0.4) is 0 Å². The fourth-order valence-corrected chi connectivity index (χ4v) is 2.36. The molecule has 1 aromatic carbocycles. The third-order valence-electron chi connectivity index (χ3n) is 2.59. The van der Waals surface area contributed by atoms with Crippen LogP contribution in [0.15, 0.2) is 23.4 Å². The summed E-state index contributed by atoms with van der Waals surface area (Å²) in [5.74, 6) is -0.261. The molecule has 0 aliphatic heterocycles. The van der Waals surface area contributed by atoms with Gasteiger partial charge in [-0.05, 0) is 18.6 Å². The van der Waals surface area contributed by atoms with Crippen molar-refractivity contribution in [3.63, 3.8) is 0 Å². The maximum Gasteiger partial charge on any atom is 0.313 e. The summed E-state index contributed by atoms with van der Waals surface area (Å²) in [7, 11) is 1.80. The lowest BCUT2D eigenvalue weighted by Crippen LogP contribution is -2.01. The molecule has 0 unspecified atom stereocenters. The Hall–Kier alpha value is -1.53. The Labute approximate surface area is 119 Å². The number of carboxylic acid groups (broad SMARTS) is 1. The van der Waals surface area contributed by atoms with Gasteiger partial charge in [0.2, 0.25) is 0 Å². The van der Waals surface area contributed by atoms with Crippen LogP contribution >= 0.6 is 23.4 Å². The first-order chi connectivity index (χ1) is 8.99. The molecule has 2 rings (SSSR count). The highest BCUT2D eigenvalue weighted by atomic mass is 35.5. The minimum absolute atomic E-state index is 0.0410. The molecule has 0 saturated heterocycles. The van der Waals surface area contributed by atoms with Gasteiger partial charge in [-0.3, -0.25) is 4.79 Å². The summed E-state index contributed by atoms with van der Waals surface area (Å²) in [5.41, 5.74) is 1.85. The van der Waals surface area contributed by atoms with Gasteiger partial charge < -0.3 is 9.67 Å². The molecule has 19 heavy (non-hydrogen) atoms. The molecule has 0 aliphatic carbocycles. The van der Waals surface area contributed by atoms with Crippen LogP contribution in [0.25, 0.3) is 11.4 Å². The Kier molecular flexibility index (Phi) is 4.11. The number of aromatic nitrogens is 3. The number of hydrogen-bond donors (Lipinski definition) is 1. The number of thioether (sulfide) groups is 1. The number of nitrogens with zero attached hydrogens (tertiary/aromatic N) is 3. The number of hydrogen-bond acceptors (Lipinski definition) is 4. The van der Waals surface area contributed by atoms with E-state index in [2.05, 4.69) is 10.2 Å². The lowest BCUT2D eigenvalue weighted by Gasteiger charge is -2.04. The van der Waals surface area contributed by atoms with E-state index in [1.165, 1.54) is 0 Å². The van der Waals surface area contributed by atoms with E-state index in [1.807, 2.05) is 25.1 Å². The normalized spacial score (nSPS) is 10.7. The molecule has 0 bridgehead atoms. The highest BCUT2D eigenvalue weighted by molar-refractivity contribution is 7.99. The quantitative estimate of drug-likeness (QED) is 0.879. The standard InChI is InChI=1S/C12H12ClN3O2S/c1-7-3-4-8(5-9(7)13)11-14-15-12(16(11)2)19-6-10(17)18/h3-5H,6H2,1-2H3,(H,17,18). The van der Waals surface area contributed by atoms with E-state index >= 15 is 0 Å². The van der Waals surface area contributed by atoms with E-state index in [0.717, 1.165) is 22.9 Å². The van der Waals surface area contributed by atoms with Crippen LogP contribution in [0.5, 0.6) is 0 Å². The first-order valence-electron chi connectivity index (χ1n) is 5.49. The van der Waals surface area contributed by atoms with Crippen LogP contribution < -0.4 is 0 Å². The summed E-state index contributed by atoms with van der Waals surface area (Å²) in [6.45, 7) is 1.93. The maximum absolute atomic E-state index is 10.5. The first-order valence-corrected chi connectivity index (χ1v) is 6.86. The number of halogens is 1. The Morgan fingerprint density at radius 1 is 1.47 bits per heavy atom. The van der Waals surface area contributed by atoms with Crippen LogP contribution in [-0.4, -0.2) is 31.6 Å². The smallest absolute Gasteiger partial charge is 0.313 e. The van der Waals surface area contributed by atoms with E-state index in [-0.39, 0.29) is 5.75 Å². The monoisotopic (exact) mass is 297 g/mol. The van der Waals surface area contributed by atoms with Crippen LogP contribution in [0.4, 0.5) is 0 Å². The van der Waals surface area contributed by atoms with Gasteiger partial charge in [0.25, 0.3) is 0 Å². The summed E-state index contributed by atoms with van der Waals surface area (Å²) >= 11 is 7.22. The van der Waals surface area contributed by atoms with Crippen LogP contribution in [0, 0.1) is 6.92 Å². The van der Waals surface area contributed by atoms with Gasteiger partial charge in [-0.2, -0.15) is 0 Å². The summed E-state index contributed by atoms with van der Waals surface area (Å²) in [4.78, 5) is 10.5. The van der Waals surface area contributed by atoms with Crippen molar-refractivity contribution >= 4 is 29.3 Å². The minimum atomic E-state index is -0.882. The maximum atomic E-state index is 10.5. The van der Waals surface area contributed by atoms with Gasteiger partial charge in [-0.25, -0.2) is 0 Å². The van der Waals surface area contributed by atoms with Crippen LogP contribution in [0.2, 0.25) is 5.02 Å². The minimum Gasteiger partial charge on any atom is -0.481 e. The summed E-state index contributed by atoms with van der Waals surface area (Å²) < 4.78 is 1.76. The molecule has 0 atom stereocenters. The molecule has 0 saturated carbocycles. The van der Waals surface area contributed by atoms with Crippen molar-refractivity contribution in [1.29, 1.82) is 0 Å². The fraction of sp³-hybridized carbons (Fsp3) is 0.250. The average Bonchev–Trinajstić information content (AvgIpc) is 2.72. The molecule has 0 spiro atoms. The number of aliphatic carboxylic acids is 1. The lowest BCUT2D eigenvalue weighted by molar-refractivity contribution is -0.133. The predicted octanol–water partition coefficient (Wildman–Crippen LogP) is 2.62. The zero-order valence-electron chi connectivity index (χ0n) is 10.4. The molecule has 5 nitrogen and oxygen atoms in total. The molecule has 0 radical (unpaired) electrons. The molecule has 2 aromatic rings. The van der Waals surface area contributed by atoms with Gasteiger partial charge in [0, 0.05) is 17.6 Å². The molecule has 7 heteroatoms. The Morgan fingerprint density at radius 3 is 2.84 bits per heavy atom. The van der Waals surface area contributed by atoms with Gasteiger partial charge in [0.1, 0.15) is 0 Å². The molecule has 0 aliphatic rings. The van der Waals surface area contributed by atoms with Crippen molar-refractivity contribution in [3.05, 3.63) is 28.8 Å². The summed E-state index contributed by atoms with van der Waals surface area (Å²) in [6.07, 6.45) is 0. The second-order valence-electron chi connectivity index (χ2n) is 4.01. The van der Waals surface area contributed by atoms with Crippen LogP contribution in [-0.2, 0) is 11.8 Å². The predicted molar refractivity (Wildman–Crippen MR) is 74.5 cm³/mol. The zero-order valence-corrected chi connectivity index (χ0v) is 12.0. The average molecular weight is 298 g/mol. The van der Waals surface area contributed by atoms with Crippen molar-refractivity contribution in [2.45, 2.75) is 12.1 Å². The second-order valence-corrected chi connectivity index (χ2v) is 5.36. The number of rotatable bonds is 4. The van der Waals surface area contributed by atoms with Gasteiger partial charge in [-0.15, -0.1) is 10.2 Å². The van der Waals surface area contributed by atoms with Crippen molar-refractivity contribution < 1.29 is 9.90 Å². The molecule has 100 valence electrons. The summed E-state index contributed by atoms with van der Waals surface area (Å²) in [6, 6.07) is 5.65. The van der Waals surface area contributed by atoms with E-state index < -0.39 is 5.97 Å². The number of aryl methyl sites for hydroxylation is 1. The Balaban J connectivity index is 2.30. The third kappa shape index (κ3) is 3.08. The van der Waals surface area contributed by atoms with Crippen molar-refractivity contribution in [3.8, 4) is 11.4 Å². The summed E-state index contributed by atoms with van der Waals surface area (Å²) in [5, 5.41) is 18.0. The van der Waals surface area contributed by atoms with E-state index in [4.69, 9.17) is 16.7 Å². The fourth-order valence-electron chi connectivity index (χ4n) is 1.55.